The Bertz CT molecular complexity index is 502. The van der Waals surface area contributed by atoms with Crippen molar-refractivity contribution in [2.24, 2.45) is 0 Å². The van der Waals surface area contributed by atoms with E-state index in [9.17, 15) is 0 Å². The average Bonchev–Trinajstić information content (AvgIpc) is 2.50. The first-order chi connectivity index (χ1) is 7.40. The quantitative estimate of drug-likeness (QED) is 0.740. The Morgan fingerprint density at radius 2 is 2.40 bits per heavy atom. The topological polar surface area (TPSA) is 17.0 Å². The van der Waals surface area contributed by atoms with Crippen LogP contribution in [0.15, 0.2) is 24.4 Å². The minimum Gasteiger partial charge on any atom is -0.345 e. The maximum absolute atomic E-state index is 3.42. The van der Waals surface area contributed by atoms with Crippen LogP contribution in [0, 0.1) is 0 Å². The van der Waals surface area contributed by atoms with Gasteiger partial charge in [-0.05, 0) is 18.1 Å². The van der Waals surface area contributed by atoms with Gasteiger partial charge in [0.25, 0.3) is 0 Å². The molecule has 0 saturated heterocycles. The van der Waals surface area contributed by atoms with Gasteiger partial charge >= 0.3 is 0 Å². The number of benzene rings is 1. The molecule has 15 heavy (non-hydrogen) atoms. The highest BCUT2D eigenvalue weighted by Crippen LogP contribution is 2.32. The molecule has 0 saturated carbocycles. The standard InChI is InChI=1S/C12H14N2S/c1-2-9-8-14-6-7-15-13-11-5-3-4-10(9)12(11)14/h3-5,8,13H,2,6-7H2,1H3. The summed E-state index contributed by atoms with van der Waals surface area (Å²) in [6, 6.07) is 6.53. The van der Waals surface area contributed by atoms with E-state index in [1.165, 1.54) is 22.2 Å². The molecule has 1 aliphatic rings. The van der Waals surface area contributed by atoms with Gasteiger partial charge in [-0.2, -0.15) is 0 Å². The second-order valence-electron chi connectivity index (χ2n) is 3.85. The zero-order valence-electron chi connectivity index (χ0n) is 8.79. The van der Waals surface area contributed by atoms with Crippen LogP contribution in [-0.2, 0) is 13.0 Å². The summed E-state index contributed by atoms with van der Waals surface area (Å²) in [5, 5.41) is 1.41. The summed E-state index contributed by atoms with van der Waals surface area (Å²) in [7, 11) is 0. The Labute approximate surface area is 93.8 Å². The van der Waals surface area contributed by atoms with Gasteiger partial charge in [0.2, 0.25) is 0 Å². The number of para-hydroxylation sites is 1. The highest BCUT2D eigenvalue weighted by molar-refractivity contribution is 8.00. The van der Waals surface area contributed by atoms with Crippen LogP contribution >= 0.6 is 11.9 Å². The Hall–Kier alpha value is -1.09. The molecule has 2 nitrogen and oxygen atoms in total. The summed E-state index contributed by atoms with van der Waals surface area (Å²) < 4.78 is 5.81. The number of hydrogen-bond acceptors (Lipinski definition) is 2. The molecule has 0 aliphatic carbocycles. The fourth-order valence-corrected chi connectivity index (χ4v) is 2.96. The fourth-order valence-electron chi connectivity index (χ4n) is 2.25. The van der Waals surface area contributed by atoms with E-state index in [-0.39, 0.29) is 0 Å². The third-order valence-electron chi connectivity index (χ3n) is 2.98. The van der Waals surface area contributed by atoms with E-state index in [0.29, 0.717) is 0 Å². The molecule has 0 atom stereocenters. The maximum atomic E-state index is 3.42. The number of nitrogens with one attached hydrogen (secondary N) is 1. The lowest BCUT2D eigenvalue weighted by Gasteiger charge is -2.03. The van der Waals surface area contributed by atoms with E-state index in [1.807, 2.05) is 0 Å². The van der Waals surface area contributed by atoms with Gasteiger partial charge in [-0.15, -0.1) is 0 Å². The van der Waals surface area contributed by atoms with E-state index in [4.69, 9.17) is 0 Å². The first-order valence-corrected chi connectivity index (χ1v) is 6.37. The van der Waals surface area contributed by atoms with Crippen molar-refractivity contribution in [2.75, 3.05) is 10.5 Å². The van der Waals surface area contributed by atoms with Gasteiger partial charge in [-0.1, -0.05) is 31.0 Å². The Morgan fingerprint density at radius 1 is 1.47 bits per heavy atom. The molecule has 0 fully saturated rings. The molecule has 3 rings (SSSR count). The van der Waals surface area contributed by atoms with Crippen molar-refractivity contribution in [2.45, 2.75) is 19.9 Å². The third-order valence-corrected chi connectivity index (χ3v) is 3.73. The van der Waals surface area contributed by atoms with Crippen LogP contribution in [0.4, 0.5) is 5.69 Å². The summed E-state index contributed by atoms with van der Waals surface area (Å²) >= 11 is 1.79. The van der Waals surface area contributed by atoms with Gasteiger partial charge in [0.1, 0.15) is 0 Å². The molecule has 0 unspecified atom stereocenters. The molecule has 2 aromatic rings. The fraction of sp³-hybridized carbons (Fsp3) is 0.333. The Balaban J connectivity index is 2.36. The number of aryl methyl sites for hydroxylation is 2. The molecule has 2 heterocycles. The van der Waals surface area contributed by atoms with Crippen LogP contribution in [0.1, 0.15) is 12.5 Å². The van der Waals surface area contributed by atoms with Gasteiger partial charge < -0.3 is 9.29 Å². The molecule has 0 amide bonds. The lowest BCUT2D eigenvalue weighted by molar-refractivity contribution is 0.806. The molecule has 1 aliphatic heterocycles. The minimum atomic E-state index is 1.10. The molecular formula is C12H14N2S. The zero-order valence-corrected chi connectivity index (χ0v) is 9.60. The monoisotopic (exact) mass is 218 g/mol. The van der Waals surface area contributed by atoms with Crippen molar-refractivity contribution >= 4 is 28.5 Å². The smallest absolute Gasteiger partial charge is 0.0727 e. The van der Waals surface area contributed by atoms with E-state index in [1.54, 1.807) is 11.9 Å². The van der Waals surface area contributed by atoms with Crippen LogP contribution in [0.3, 0.4) is 0 Å². The van der Waals surface area contributed by atoms with Gasteiger partial charge in [0.15, 0.2) is 0 Å². The summed E-state index contributed by atoms with van der Waals surface area (Å²) in [4.78, 5) is 0. The molecule has 78 valence electrons. The van der Waals surface area contributed by atoms with Gasteiger partial charge in [0, 0.05) is 23.9 Å². The molecule has 1 aromatic carbocycles. The summed E-state index contributed by atoms with van der Waals surface area (Å²) in [6.07, 6.45) is 3.42. The van der Waals surface area contributed by atoms with E-state index < -0.39 is 0 Å². The number of hydrogen-bond donors (Lipinski definition) is 1. The largest absolute Gasteiger partial charge is 0.345 e. The van der Waals surface area contributed by atoms with Gasteiger partial charge in [-0.3, -0.25) is 0 Å². The van der Waals surface area contributed by atoms with Crippen molar-refractivity contribution in [3.63, 3.8) is 0 Å². The second kappa shape index (κ2) is 3.49. The highest BCUT2D eigenvalue weighted by Gasteiger charge is 2.13. The van der Waals surface area contributed by atoms with Crippen molar-refractivity contribution in [3.05, 3.63) is 30.0 Å². The maximum Gasteiger partial charge on any atom is 0.0727 e. The SMILES string of the molecule is CCc1cn2c3c(cccc13)NSCC2. The van der Waals surface area contributed by atoms with Crippen molar-refractivity contribution in [3.8, 4) is 0 Å². The van der Waals surface area contributed by atoms with Crippen LogP contribution in [0.2, 0.25) is 0 Å². The molecule has 1 aromatic heterocycles. The van der Waals surface area contributed by atoms with Gasteiger partial charge in [0.05, 0.1) is 11.2 Å². The minimum absolute atomic E-state index is 1.10. The first kappa shape index (κ1) is 9.16. The van der Waals surface area contributed by atoms with Crippen molar-refractivity contribution in [1.82, 2.24) is 4.57 Å². The van der Waals surface area contributed by atoms with Crippen molar-refractivity contribution in [1.29, 1.82) is 0 Å². The molecule has 1 N–H and O–H groups in total. The Morgan fingerprint density at radius 3 is 3.27 bits per heavy atom. The summed E-state index contributed by atoms with van der Waals surface area (Å²) in [5.41, 5.74) is 4.09. The number of anilines is 1. The van der Waals surface area contributed by atoms with Crippen molar-refractivity contribution < 1.29 is 0 Å². The molecule has 0 spiro atoms. The molecule has 0 radical (unpaired) electrons. The number of aromatic nitrogens is 1. The van der Waals surface area contributed by atoms with Gasteiger partial charge in [-0.25, -0.2) is 0 Å². The predicted molar refractivity (Wildman–Crippen MR) is 67.4 cm³/mol. The lowest BCUT2D eigenvalue weighted by atomic mass is 10.1. The van der Waals surface area contributed by atoms with E-state index in [2.05, 4.69) is 40.6 Å². The molecule has 3 heteroatoms. The third kappa shape index (κ3) is 1.34. The predicted octanol–water partition coefficient (Wildman–Crippen LogP) is 3.28. The van der Waals surface area contributed by atoms with E-state index >= 15 is 0 Å². The second-order valence-corrected chi connectivity index (χ2v) is 4.75. The Kier molecular flexibility index (Phi) is 2.13. The zero-order chi connectivity index (χ0) is 10.3. The van der Waals surface area contributed by atoms with Crippen LogP contribution in [-0.4, -0.2) is 10.3 Å². The van der Waals surface area contributed by atoms with Crippen LogP contribution in [0.5, 0.6) is 0 Å². The summed E-state index contributed by atoms with van der Waals surface area (Å²) in [6.45, 7) is 3.32. The summed E-state index contributed by atoms with van der Waals surface area (Å²) in [5.74, 6) is 1.13. The van der Waals surface area contributed by atoms with Crippen LogP contribution in [0.25, 0.3) is 10.9 Å². The first-order valence-electron chi connectivity index (χ1n) is 5.38. The number of nitrogens with zero attached hydrogens (tertiary/aromatic N) is 1. The normalized spacial score (nSPS) is 15.0. The number of rotatable bonds is 1. The highest BCUT2D eigenvalue weighted by atomic mass is 32.2. The average molecular weight is 218 g/mol. The van der Waals surface area contributed by atoms with E-state index in [0.717, 1.165) is 18.7 Å². The molecular weight excluding hydrogens is 204 g/mol. The lowest BCUT2D eigenvalue weighted by Crippen LogP contribution is -1.95. The van der Waals surface area contributed by atoms with Crippen LogP contribution < -0.4 is 4.72 Å². The molecule has 0 bridgehead atoms.